The Labute approximate surface area is 133 Å². The predicted octanol–water partition coefficient (Wildman–Crippen LogP) is 2.35. The number of hydrogen-bond donors (Lipinski definition) is 1. The molecule has 0 aliphatic carbocycles. The average molecular weight is 327 g/mol. The molecule has 116 valence electrons. The molecule has 8 heteroatoms. The Kier molecular flexibility index (Phi) is 4.66. The zero-order chi connectivity index (χ0) is 14.8. The summed E-state index contributed by atoms with van der Waals surface area (Å²) in [7, 11) is 0. The van der Waals surface area contributed by atoms with Crippen molar-refractivity contribution < 1.29 is 4.79 Å². The number of carbonyl (C=O) groups is 1. The van der Waals surface area contributed by atoms with Crippen LogP contribution < -0.4 is 5.32 Å². The third kappa shape index (κ3) is 3.17. The maximum Gasteiger partial charge on any atom is 0.324 e. The van der Waals surface area contributed by atoms with Gasteiger partial charge in [-0.2, -0.15) is 9.36 Å². The van der Waals surface area contributed by atoms with Crippen molar-refractivity contribution in [2.75, 3.05) is 31.2 Å². The van der Waals surface area contributed by atoms with Gasteiger partial charge in [-0.05, 0) is 32.1 Å². The number of piperazine rings is 1. The molecule has 2 aliphatic heterocycles. The molecule has 0 aromatic carbocycles. The number of urea groups is 1. The van der Waals surface area contributed by atoms with Crippen molar-refractivity contribution in [3.8, 4) is 0 Å². The molecular formula is C13H21N5OS2. The van der Waals surface area contributed by atoms with Crippen LogP contribution in [0.1, 0.15) is 26.2 Å². The lowest BCUT2D eigenvalue weighted by Crippen LogP contribution is -2.58. The number of nitrogens with one attached hydrogen (secondary N) is 1. The van der Waals surface area contributed by atoms with E-state index in [4.69, 9.17) is 0 Å². The van der Waals surface area contributed by atoms with Crippen molar-refractivity contribution in [1.82, 2.24) is 19.2 Å². The van der Waals surface area contributed by atoms with E-state index in [0.29, 0.717) is 22.4 Å². The third-order valence-corrected chi connectivity index (χ3v) is 5.62. The highest BCUT2D eigenvalue weighted by molar-refractivity contribution is 7.98. The molecule has 3 heterocycles. The van der Waals surface area contributed by atoms with E-state index < -0.39 is 0 Å². The largest absolute Gasteiger partial charge is 0.324 e. The Morgan fingerprint density at radius 3 is 3.10 bits per heavy atom. The molecule has 0 spiro atoms. The lowest BCUT2D eigenvalue weighted by molar-refractivity contribution is 0.0767. The monoisotopic (exact) mass is 327 g/mol. The molecule has 1 aromatic heterocycles. The minimum atomic E-state index is -0.0304. The van der Waals surface area contributed by atoms with E-state index in [9.17, 15) is 4.79 Å². The number of nitrogens with zero attached hydrogens (tertiary/aromatic N) is 4. The third-order valence-electron chi connectivity index (χ3n) is 4.33. The number of aromatic nitrogens is 2. The van der Waals surface area contributed by atoms with Gasteiger partial charge in [0.25, 0.3) is 0 Å². The molecule has 2 saturated heterocycles. The minimum Gasteiger partial charge on any atom is -0.319 e. The van der Waals surface area contributed by atoms with Crippen LogP contribution in [0.15, 0.2) is 5.16 Å². The summed E-state index contributed by atoms with van der Waals surface area (Å²) in [5, 5.41) is 4.21. The van der Waals surface area contributed by atoms with E-state index in [2.05, 4.69) is 26.5 Å². The van der Waals surface area contributed by atoms with Crippen LogP contribution in [0.2, 0.25) is 0 Å². The van der Waals surface area contributed by atoms with Gasteiger partial charge in [0.1, 0.15) is 0 Å². The summed E-state index contributed by atoms with van der Waals surface area (Å²) in [5.41, 5.74) is 0. The minimum absolute atomic E-state index is 0.0304. The van der Waals surface area contributed by atoms with E-state index in [-0.39, 0.29) is 6.03 Å². The molecule has 6 nitrogen and oxygen atoms in total. The van der Waals surface area contributed by atoms with Crippen molar-refractivity contribution >= 4 is 34.5 Å². The molecule has 2 fully saturated rings. The Hall–Kier alpha value is -0.860. The molecule has 1 aromatic rings. The summed E-state index contributed by atoms with van der Waals surface area (Å²) in [6, 6.07) is 0.805. The van der Waals surface area contributed by atoms with Gasteiger partial charge >= 0.3 is 6.03 Å². The number of amides is 2. The second-order valence-corrected chi connectivity index (χ2v) is 7.05. The van der Waals surface area contributed by atoms with Crippen molar-refractivity contribution in [3.05, 3.63) is 0 Å². The van der Waals surface area contributed by atoms with E-state index in [1.807, 2.05) is 11.2 Å². The van der Waals surface area contributed by atoms with Gasteiger partial charge in [0.05, 0.1) is 0 Å². The van der Waals surface area contributed by atoms with E-state index in [1.54, 1.807) is 0 Å². The smallest absolute Gasteiger partial charge is 0.319 e. The first-order valence-corrected chi connectivity index (χ1v) is 9.40. The molecule has 21 heavy (non-hydrogen) atoms. The van der Waals surface area contributed by atoms with Crippen LogP contribution in [0.5, 0.6) is 0 Å². The van der Waals surface area contributed by atoms with Gasteiger partial charge in [0, 0.05) is 36.7 Å². The second-order valence-electron chi connectivity index (χ2n) is 5.52. The summed E-state index contributed by atoms with van der Waals surface area (Å²) in [6.07, 6.45) is 5.38. The van der Waals surface area contributed by atoms with Gasteiger partial charge in [-0.15, -0.1) is 0 Å². The molecular weight excluding hydrogens is 306 g/mol. The summed E-state index contributed by atoms with van der Waals surface area (Å²) in [5.74, 6) is 0. The van der Waals surface area contributed by atoms with E-state index >= 15 is 0 Å². The standard InChI is InChI=1S/C13H21N5OS2/c1-3-9-7-17-6-4-5-10(17)8-18(9)13(19)15-11-14-12(20-2)16-21-11/h9-10H,3-8H2,1-2H3,(H,14,15,16,19)/t9-,10-/m0/s1. The topological polar surface area (TPSA) is 61.4 Å². The number of hydrogen-bond acceptors (Lipinski definition) is 6. The maximum absolute atomic E-state index is 12.6. The van der Waals surface area contributed by atoms with Crippen LogP contribution in [0.25, 0.3) is 0 Å². The Bertz CT molecular complexity index is 509. The molecule has 0 bridgehead atoms. The first-order valence-electron chi connectivity index (χ1n) is 7.40. The van der Waals surface area contributed by atoms with Crippen LogP contribution in [-0.2, 0) is 0 Å². The fraction of sp³-hybridized carbons (Fsp3) is 0.769. The van der Waals surface area contributed by atoms with Gasteiger partial charge in [-0.25, -0.2) is 4.79 Å². The van der Waals surface area contributed by atoms with Gasteiger partial charge in [0.15, 0.2) is 0 Å². The molecule has 0 saturated carbocycles. The van der Waals surface area contributed by atoms with Crippen LogP contribution >= 0.6 is 23.3 Å². The van der Waals surface area contributed by atoms with Crippen molar-refractivity contribution in [3.63, 3.8) is 0 Å². The number of anilines is 1. The molecule has 2 atom stereocenters. The molecule has 2 amide bonds. The molecule has 1 N–H and O–H groups in total. The number of thioether (sulfide) groups is 1. The Morgan fingerprint density at radius 1 is 1.52 bits per heavy atom. The zero-order valence-electron chi connectivity index (χ0n) is 12.4. The predicted molar refractivity (Wildman–Crippen MR) is 86.1 cm³/mol. The summed E-state index contributed by atoms with van der Waals surface area (Å²) >= 11 is 2.73. The van der Waals surface area contributed by atoms with Gasteiger partial charge in [-0.3, -0.25) is 10.2 Å². The number of rotatable bonds is 3. The lowest BCUT2D eigenvalue weighted by atomic mass is 10.1. The van der Waals surface area contributed by atoms with Crippen molar-refractivity contribution in [1.29, 1.82) is 0 Å². The molecule has 3 rings (SSSR count). The summed E-state index contributed by atoms with van der Waals surface area (Å²) in [6.45, 7) is 5.17. The van der Waals surface area contributed by atoms with Crippen LogP contribution in [0.3, 0.4) is 0 Å². The summed E-state index contributed by atoms with van der Waals surface area (Å²) in [4.78, 5) is 21.4. The fourth-order valence-electron chi connectivity index (χ4n) is 3.19. The number of fused-ring (bicyclic) bond motifs is 1. The number of carbonyl (C=O) groups excluding carboxylic acids is 1. The van der Waals surface area contributed by atoms with E-state index in [1.165, 1.54) is 42.7 Å². The highest BCUT2D eigenvalue weighted by atomic mass is 32.2. The first-order chi connectivity index (χ1) is 10.2. The fourth-order valence-corrected chi connectivity index (χ4v) is 4.31. The highest BCUT2D eigenvalue weighted by Crippen LogP contribution is 2.27. The normalized spacial score (nSPS) is 25.9. The van der Waals surface area contributed by atoms with Gasteiger partial charge in [0.2, 0.25) is 10.3 Å². The zero-order valence-corrected chi connectivity index (χ0v) is 14.0. The van der Waals surface area contributed by atoms with Crippen molar-refractivity contribution in [2.45, 2.75) is 43.4 Å². The molecule has 0 unspecified atom stereocenters. The van der Waals surface area contributed by atoms with Crippen LogP contribution in [0.4, 0.5) is 9.93 Å². The van der Waals surface area contributed by atoms with Crippen LogP contribution in [-0.4, -0.2) is 63.2 Å². The average Bonchev–Trinajstić information content (AvgIpc) is 3.13. The molecule has 2 aliphatic rings. The lowest BCUT2D eigenvalue weighted by Gasteiger charge is -2.43. The first kappa shape index (κ1) is 15.1. The SMILES string of the molecule is CC[C@H]1CN2CCC[C@H]2CN1C(=O)Nc1nc(SC)ns1. The Morgan fingerprint density at radius 2 is 2.38 bits per heavy atom. The Balaban J connectivity index is 1.67. The van der Waals surface area contributed by atoms with Crippen molar-refractivity contribution in [2.24, 2.45) is 0 Å². The van der Waals surface area contributed by atoms with Gasteiger partial charge in [-0.1, -0.05) is 18.7 Å². The van der Waals surface area contributed by atoms with E-state index in [0.717, 1.165) is 19.5 Å². The van der Waals surface area contributed by atoms with Crippen LogP contribution in [0, 0.1) is 0 Å². The molecule has 0 radical (unpaired) electrons. The second kappa shape index (κ2) is 6.50. The maximum atomic E-state index is 12.6. The van der Waals surface area contributed by atoms with Gasteiger partial charge < -0.3 is 4.90 Å². The highest BCUT2D eigenvalue weighted by Gasteiger charge is 2.37. The quantitative estimate of drug-likeness (QED) is 0.864. The summed E-state index contributed by atoms with van der Waals surface area (Å²) < 4.78 is 4.18.